The van der Waals surface area contributed by atoms with Gasteiger partial charge in [-0.15, -0.1) is 0 Å². The van der Waals surface area contributed by atoms with E-state index in [9.17, 15) is 17.6 Å². The molecule has 0 saturated carbocycles. The largest absolute Gasteiger partial charge is 0.325 e. The number of hydrogen-bond donors (Lipinski definition) is 1. The van der Waals surface area contributed by atoms with Crippen molar-refractivity contribution in [3.63, 3.8) is 0 Å². The molecule has 6 nitrogen and oxygen atoms in total. The predicted octanol–water partition coefficient (Wildman–Crippen LogP) is 3.33. The number of hydrogen-bond acceptors (Lipinski definition) is 4. The van der Waals surface area contributed by atoms with Gasteiger partial charge >= 0.3 is 0 Å². The topological polar surface area (TPSA) is 69.7 Å². The molecule has 0 atom stereocenters. The molecule has 29 heavy (non-hydrogen) atoms. The molecule has 1 aliphatic heterocycles. The Morgan fingerprint density at radius 3 is 2.59 bits per heavy atom. The molecule has 2 aromatic carbocycles. The van der Waals surface area contributed by atoms with E-state index in [4.69, 9.17) is 11.6 Å². The van der Waals surface area contributed by atoms with Crippen LogP contribution in [0.1, 0.15) is 18.4 Å². The predicted molar refractivity (Wildman–Crippen MR) is 111 cm³/mol. The van der Waals surface area contributed by atoms with E-state index in [1.54, 1.807) is 30.1 Å². The minimum absolute atomic E-state index is 0.00618. The van der Waals surface area contributed by atoms with Crippen LogP contribution in [0, 0.1) is 5.82 Å². The highest BCUT2D eigenvalue weighted by Gasteiger charge is 2.27. The first kappa shape index (κ1) is 21.7. The zero-order chi connectivity index (χ0) is 21.0. The minimum Gasteiger partial charge on any atom is -0.325 e. The molecule has 1 heterocycles. The van der Waals surface area contributed by atoms with Crippen molar-refractivity contribution in [3.05, 3.63) is 58.9 Å². The SMILES string of the molecule is CN(CC(=O)Nc1cccc(S(=O)(=O)N2CCCC2)c1)Cc1c(F)cccc1Cl. The van der Waals surface area contributed by atoms with Gasteiger partial charge in [-0.3, -0.25) is 9.69 Å². The normalized spacial score (nSPS) is 15.0. The zero-order valence-electron chi connectivity index (χ0n) is 16.1. The lowest BCUT2D eigenvalue weighted by atomic mass is 10.2. The van der Waals surface area contributed by atoms with Gasteiger partial charge in [0.15, 0.2) is 0 Å². The third-order valence-corrected chi connectivity index (χ3v) is 6.97. The van der Waals surface area contributed by atoms with E-state index in [-0.39, 0.29) is 23.9 Å². The van der Waals surface area contributed by atoms with Crippen LogP contribution in [0.15, 0.2) is 47.4 Å². The summed E-state index contributed by atoms with van der Waals surface area (Å²) in [6, 6.07) is 10.7. The van der Waals surface area contributed by atoms with Gasteiger partial charge < -0.3 is 5.32 Å². The number of benzene rings is 2. The first-order valence-electron chi connectivity index (χ1n) is 9.29. The van der Waals surface area contributed by atoms with Crippen LogP contribution in [0.2, 0.25) is 5.02 Å². The molecule has 0 aliphatic carbocycles. The molecule has 156 valence electrons. The molecule has 1 amide bonds. The average Bonchev–Trinajstić information content (AvgIpc) is 3.20. The van der Waals surface area contributed by atoms with E-state index in [0.29, 0.717) is 29.4 Å². The van der Waals surface area contributed by atoms with Gasteiger partial charge in [0.2, 0.25) is 15.9 Å². The van der Waals surface area contributed by atoms with Gasteiger partial charge in [-0.25, -0.2) is 12.8 Å². The summed E-state index contributed by atoms with van der Waals surface area (Å²) in [6.07, 6.45) is 1.71. The molecule has 1 aliphatic rings. The second-order valence-corrected chi connectivity index (χ2v) is 9.40. The van der Waals surface area contributed by atoms with E-state index in [2.05, 4.69) is 5.32 Å². The van der Waals surface area contributed by atoms with E-state index in [1.165, 1.54) is 28.6 Å². The maximum Gasteiger partial charge on any atom is 0.243 e. The number of nitrogens with one attached hydrogen (secondary N) is 1. The van der Waals surface area contributed by atoms with Gasteiger partial charge in [0.05, 0.1) is 11.4 Å². The minimum atomic E-state index is -3.55. The van der Waals surface area contributed by atoms with Crippen LogP contribution in [0.5, 0.6) is 0 Å². The molecule has 9 heteroatoms. The van der Waals surface area contributed by atoms with Gasteiger partial charge in [-0.1, -0.05) is 23.7 Å². The number of anilines is 1. The average molecular weight is 440 g/mol. The summed E-state index contributed by atoms with van der Waals surface area (Å²) in [5.41, 5.74) is 0.718. The number of amides is 1. The second kappa shape index (κ2) is 9.21. The van der Waals surface area contributed by atoms with Crippen LogP contribution in [0.25, 0.3) is 0 Å². The van der Waals surface area contributed by atoms with E-state index < -0.39 is 15.8 Å². The number of halogens is 2. The quantitative estimate of drug-likeness (QED) is 0.718. The second-order valence-electron chi connectivity index (χ2n) is 7.06. The van der Waals surface area contributed by atoms with Gasteiger partial charge in [-0.2, -0.15) is 4.31 Å². The van der Waals surface area contributed by atoms with Gasteiger partial charge in [-0.05, 0) is 50.2 Å². The fourth-order valence-corrected chi connectivity index (χ4v) is 5.05. The van der Waals surface area contributed by atoms with Crippen LogP contribution < -0.4 is 5.32 Å². The van der Waals surface area contributed by atoms with Gasteiger partial charge in [0, 0.05) is 35.9 Å². The van der Waals surface area contributed by atoms with Crippen molar-refractivity contribution in [2.75, 3.05) is 32.0 Å². The summed E-state index contributed by atoms with van der Waals surface area (Å²) in [4.78, 5) is 14.1. The lowest BCUT2D eigenvalue weighted by Crippen LogP contribution is -2.30. The Labute approximate surface area is 175 Å². The molecule has 1 N–H and O–H groups in total. The molecule has 0 spiro atoms. The molecule has 3 rings (SSSR count). The summed E-state index contributed by atoms with van der Waals surface area (Å²) in [5.74, 6) is -0.764. The number of nitrogens with zero attached hydrogens (tertiary/aromatic N) is 2. The molecule has 0 aromatic heterocycles. The molecule has 2 aromatic rings. The Hall–Kier alpha value is -2.00. The first-order chi connectivity index (χ1) is 13.8. The Bertz CT molecular complexity index is 974. The van der Waals surface area contributed by atoms with E-state index in [1.807, 2.05) is 0 Å². The number of likely N-dealkylation sites (N-methyl/N-ethyl adjacent to an activating group) is 1. The van der Waals surface area contributed by atoms with Crippen LogP contribution >= 0.6 is 11.6 Å². The fourth-order valence-electron chi connectivity index (χ4n) is 3.27. The van der Waals surface area contributed by atoms with Gasteiger partial charge in [0.1, 0.15) is 5.82 Å². The maximum atomic E-state index is 13.9. The van der Waals surface area contributed by atoms with Crippen molar-refractivity contribution >= 4 is 33.2 Å². The van der Waals surface area contributed by atoms with Crippen LogP contribution in [0.3, 0.4) is 0 Å². The summed E-state index contributed by atoms with van der Waals surface area (Å²) in [6.45, 7) is 1.20. The summed E-state index contributed by atoms with van der Waals surface area (Å²) >= 11 is 6.03. The molecule has 0 unspecified atom stereocenters. The lowest BCUT2D eigenvalue weighted by Gasteiger charge is -2.18. The monoisotopic (exact) mass is 439 g/mol. The summed E-state index contributed by atoms with van der Waals surface area (Å²) < 4.78 is 40.7. The van der Waals surface area contributed by atoms with Crippen LogP contribution in [0.4, 0.5) is 10.1 Å². The third kappa shape index (κ3) is 5.33. The molecule has 0 bridgehead atoms. The van der Waals surface area contributed by atoms with Crippen molar-refractivity contribution in [1.29, 1.82) is 0 Å². The molecular weight excluding hydrogens is 417 g/mol. The Morgan fingerprint density at radius 1 is 1.21 bits per heavy atom. The molecule has 1 fully saturated rings. The van der Waals surface area contributed by atoms with Crippen molar-refractivity contribution < 1.29 is 17.6 Å². The maximum absolute atomic E-state index is 13.9. The van der Waals surface area contributed by atoms with Crippen molar-refractivity contribution in [3.8, 4) is 0 Å². The Morgan fingerprint density at radius 2 is 1.90 bits per heavy atom. The van der Waals surface area contributed by atoms with Crippen molar-refractivity contribution in [2.24, 2.45) is 0 Å². The zero-order valence-corrected chi connectivity index (χ0v) is 17.6. The molecule has 1 saturated heterocycles. The highest BCUT2D eigenvalue weighted by atomic mass is 35.5. The highest BCUT2D eigenvalue weighted by molar-refractivity contribution is 7.89. The smallest absolute Gasteiger partial charge is 0.243 e. The van der Waals surface area contributed by atoms with Crippen molar-refractivity contribution in [2.45, 2.75) is 24.3 Å². The van der Waals surface area contributed by atoms with Crippen LogP contribution in [-0.4, -0.2) is 50.2 Å². The van der Waals surface area contributed by atoms with Gasteiger partial charge in [0.25, 0.3) is 0 Å². The summed E-state index contributed by atoms with van der Waals surface area (Å²) in [5, 5.41) is 3.00. The first-order valence-corrected chi connectivity index (χ1v) is 11.1. The van der Waals surface area contributed by atoms with Crippen molar-refractivity contribution in [1.82, 2.24) is 9.21 Å². The highest BCUT2D eigenvalue weighted by Crippen LogP contribution is 2.23. The number of carbonyl (C=O) groups is 1. The number of rotatable bonds is 7. The molecular formula is C20H23ClFN3O3S. The lowest BCUT2D eigenvalue weighted by molar-refractivity contribution is -0.117. The van der Waals surface area contributed by atoms with E-state index >= 15 is 0 Å². The van der Waals surface area contributed by atoms with Crippen LogP contribution in [-0.2, 0) is 21.4 Å². The number of carbonyl (C=O) groups excluding carboxylic acids is 1. The Balaban J connectivity index is 1.63. The Kier molecular flexibility index (Phi) is 6.89. The standard InChI is InChI=1S/C20H23ClFN3O3S/c1-24(13-17-18(21)8-5-9-19(17)22)14-20(26)23-15-6-4-7-16(12-15)29(27,28)25-10-2-3-11-25/h4-9,12H,2-3,10-11,13-14H2,1H3,(H,23,26). The van der Waals surface area contributed by atoms with E-state index in [0.717, 1.165) is 12.8 Å². The fraction of sp³-hybridized carbons (Fsp3) is 0.350. The summed E-state index contributed by atoms with van der Waals surface area (Å²) in [7, 11) is -1.88. The molecule has 0 radical (unpaired) electrons. The third-order valence-electron chi connectivity index (χ3n) is 4.72. The number of sulfonamides is 1.